The van der Waals surface area contributed by atoms with E-state index in [-0.39, 0.29) is 0 Å². The van der Waals surface area contributed by atoms with Crippen LogP contribution in [0.15, 0.2) is 29.3 Å². The molecule has 0 aliphatic heterocycles. The Morgan fingerprint density at radius 2 is 1.93 bits per heavy atom. The van der Waals surface area contributed by atoms with E-state index in [9.17, 15) is 4.79 Å². The normalized spacial score (nSPS) is 9.50. The number of methoxy groups -OCH3 is 1. The van der Waals surface area contributed by atoms with Crippen molar-refractivity contribution in [1.82, 2.24) is 0 Å². The van der Waals surface area contributed by atoms with E-state index < -0.39 is 0 Å². The fourth-order valence-electron chi connectivity index (χ4n) is 1.15. The van der Waals surface area contributed by atoms with E-state index >= 15 is 0 Å². The Hall–Kier alpha value is -1.44. The molecule has 1 aromatic rings. The van der Waals surface area contributed by atoms with Crippen LogP contribution >= 0.6 is 0 Å². The van der Waals surface area contributed by atoms with Gasteiger partial charge in [0, 0.05) is 7.11 Å². The molecule has 0 atom stereocenters. The van der Waals surface area contributed by atoms with Crippen molar-refractivity contribution in [2.45, 2.75) is 13.0 Å². The van der Waals surface area contributed by atoms with Crippen molar-refractivity contribution in [2.24, 2.45) is 4.99 Å². The van der Waals surface area contributed by atoms with Crippen LogP contribution < -0.4 is 0 Å². The van der Waals surface area contributed by atoms with Gasteiger partial charge in [0.05, 0.1) is 13.2 Å². The van der Waals surface area contributed by atoms with E-state index in [1.807, 2.05) is 24.3 Å². The van der Waals surface area contributed by atoms with Gasteiger partial charge >= 0.3 is 0 Å². The lowest BCUT2D eigenvalue weighted by atomic mass is 10.1. The van der Waals surface area contributed by atoms with Crippen molar-refractivity contribution in [2.75, 3.05) is 13.7 Å². The molecule has 0 aliphatic rings. The topological polar surface area (TPSA) is 38.7 Å². The zero-order chi connectivity index (χ0) is 10.2. The number of nitrogens with zero attached hydrogens (tertiary/aromatic N) is 1. The van der Waals surface area contributed by atoms with Crippen LogP contribution in [0.4, 0.5) is 0 Å². The average Bonchev–Trinajstić information content (AvgIpc) is 2.25. The van der Waals surface area contributed by atoms with Crippen molar-refractivity contribution in [1.29, 1.82) is 0 Å². The largest absolute Gasteiger partial charge is 0.384 e. The maximum Gasteiger partial charge on any atom is 0.235 e. The zero-order valence-electron chi connectivity index (χ0n) is 8.19. The van der Waals surface area contributed by atoms with Crippen molar-refractivity contribution in [3.05, 3.63) is 35.4 Å². The van der Waals surface area contributed by atoms with Crippen LogP contribution in [-0.2, 0) is 22.5 Å². The minimum Gasteiger partial charge on any atom is -0.384 e. The van der Waals surface area contributed by atoms with Crippen LogP contribution in [0, 0.1) is 0 Å². The predicted octanol–water partition coefficient (Wildman–Crippen LogP) is 1.71. The van der Waals surface area contributed by atoms with Gasteiger partial charge in [0.1, 0.15) is 0 Å². The van der Waals surface area contributed by atoms with Gasteiger partial charge in [0.25, 0.3) is 0 Å². The zero-order valence-corrected chi connectivity index (χ0v) is 8.19. The number of carbonyl (C=O) groups excluding carboxylic acids is 1. The predicted molar refractivity (Wildman–Crippen MR) is 53.8 cm³/mol. The molecule has 1 rings (SSSR count). The molecule has 0 saturated carbocycles. The van der Waals surface area contributed by atoms with E-state index in [4.69, 9.17) is 4.74 Å². The third kappa shape index (κ3) is 3.52. The summed E-state index contributed by atoms with van der Waals surface area (Å²) in [5.41, 5.74) is 2.25. The number of hydrogen-bond acceptors (Lipinski definition) is 3. The third-order valence-electron chi connectivity index (χ3n) is 1.94. The molecule has 1 aromatic carbocycles. The maximum absolute atomic E-state index is 9.88. The first-order valence-electron chi connectivity index (χ1n) is 4.47. The first-order valence-corrected chi connectivity index (χ1v) is 4.47. The fourth-order valence-corrected chi connectivity index (χ4v) is 1.15. The van der Waals surface area contributed by atoms with Crippen LogP contribution in [0.1, 0.15) is 11.1 Å². The summed E-state index contributed by atoms with van der Waals surface area (Å²) >= 11 is 0. The van der Waals surface area contributed by atoms with Crippen LogP contribution in [0.3, 0.4) is 0 Å². The summed E-state index contributed by atoms with van der Waals surface area (Å²) in [5.74, 6) is 0. The van der Waals surface area contributed by atoms with Crippen LogP contribution in [0.2, 0.25) is 0 Å². The maximum atomic E-state index is 9.88. The van der Waals surface area contributed by atoms with Gasteiger partial charge in [0.15, 0.2) is 0 Å². The van der Waals surface area contributed by atoms with Crippen molar-refractivity contribution in [3.63, 3.8) is 0 Å². The molecule has 0 radical (unpaired) electrons. The number of hydrogen-bond donors (Lipinski definition) is 0. The summed E-state index contributed by atoms with van der Waals surface area (Å²) in [4.78, 5) is 13.4. The second-order valence-corrected chi connectivity index (χ2v) is 2.97. The molecular formula is C11H13NO2. The highest BCUT2D eigenvalue weighted by molar-refractivity contribution is 5.34. The standard InChI is InChI=1S/C11H13NO2/c1-14-7-6-10-2-4-11(5-3-10)8-12-9-13/h2-5H,6-8H2,1H3. The van der Waals surface area contributed by atoms with Gasteiger partial charge in [-0.15, -0.1) is 0 Å². The fraction of sp³-hybridized carbons (Fsp3) is 0.364. The Kier molecular flexibility index (Phi) is 4.62. The Labute approximate surface area is 83.4 Å². The number of rotatable bonds is 5. The minimum atomic E-state index is 0.411. The Bertz CT molecular complexity index is 313. The van der Waals surface area contributed by atoms with Gasteiger partial charge in [0.2, 0.25) is 6.08 Å². The molecule has 0 N–H and O–H groups in total. The summed E-state index contributed by atoms with van der Waals surface area (Å²) in [7, 11) is 1.69. The van der Waals surface area contributed by atoms with E-state index in [0.29, 0.717) is 6.54 Å². The summed E-state index contributed by atoms with van der Waals surface area (Å²) < 4.78 is 4.97. The second-order valence-electron chi connectivity index (χ2n) is 2.97. The van der Waals surface area contributed by atoms with E-state index in [1.54, 1.807) is 7.11 Å². The van der Waals surface area contributed by atoms with E-state index in [0.717, 1.165) is 18.6 Å². The van der Waals surface area contributed by atoms with Crippen LogP contribution in [0.25, 0.3) is 0 Å². The van der Waals surface area contributed by atoms with Gasteiger partial charge < -0.3 is 4.74 Å². The summed E-state index contributed by atoms with van der Waals surface area (Å²) in [6, 6.07) is 7.97. The average molecular weight is 191 g/mol. The van der Waals surface area contributed by atoms with Gasteiger partial charge in [-0.1, -0.05) is 24.3 Å². The first-order chi connectivity index (χ1) is 6.86. The summed E-state index contributed by atoms with van der Waals surface area (Å²) in [6.45, 7) is 1.14. The van der Waals surface area contributed by atoms with Gasteiger partial charge in [-0.25, -0.2) is 9.79 Å². The molecule has 0 unspecified atom stereocenters. The molecule has 3 heteroatoms. The molecule has 0 aromatic heterocycles. The number of isocyanates is 1. The Morgan fingerprint density at radius 1 is 1.29 bits per heavy atom. The Morgan fingerprint density at radius 3 is 2.50 bits per heavy atom. The number of benzene rings is 1. The molecule has 0 bridgehead atoms. The highest BCUT2D eigenvalue weighted by Gasteiger charge is 1.93. The number of aliphatic imine (C=N–C) groups is 1. The summed E-state index contributed by atoms with van der Waals surface area (Å²) in [6.07, 6.45) is 2.43. The van der Waals surface area contributed by atoms with Gasteiger partial charge in [-0.2, -0.15) is 0 Å². The molecular weight excluding hydrogens is 178 g/mol. The van der Waals surface area contributed by atoms with Crippen LogP contribution in [-0.4, -0.2) is 19.8 Å². The Balaban J connectivity index is 2.54. The molecule has 74 valence electrons. The SMILES string of the molecule is COCCc1ccc(CN=C=O)cc1. The highest BCUT2D eigenvalue weighted by atomic mass is 16.5. The van der Waals surface area contributed by atoms with Crippen molar-refractivity contribution < 1.29 is 9.53 Å². The second kappa shape index (κ2) is 6.08. The molecule has 14 heavy (non-hydrogen) atoms. The molecule has 0 amide bonds. The lowest BCUT2D eigenvalue weighted by molar-refractivity contribution is 0.202. The van der Waals surface area contributed by atoms with Crippen molar-refractivity contribution >= 4 is 6.08 Å². The molecule has 0 saturated heterocycles. The van der Waals surface area contributed by atoms with Gasteiger partial charge in [-0.3, -0.25) is 0 Å². The monoisotopic (exact) mass is 191 g/mol. The van der Waals surface area contributed by atoms with Crippen LogP contribution in [0.5, 0.6) is 0 Å². The van der Waals surface area contributed by atoms with Gasteiger partial charge in [-0.05, 0) is 17.5 Å². The minimum absolute atomic E-state index is 0.411. The van der Waals surface area contributed by atoms with E-state index in [2.05, 4.69) is 4.99 Å². The van der Waals surface area contributed by atoms with Crippen molar-refractivity contribution in [3.8, 4) is 0 Å². The lowest BCUT2D eigenvalue weighted by Crippen LogP contribution is -1.94. The van der Waals surface area contributed by atoms with E-state index in [1.165, 1.54) is 11.6 Å². The molecule has 0 aliphatic carbocycles. The summed E-state index contributed by atoms with van der Waals surface area (Å²) in [5, 5.41) is 0. The highest BCUT2D eigenvalue weighted by Crippen LogP contribution is 2.06. The third-order valence-corrected chi connectivity index (χ3v) is 1.94. The molecule has 0 heterocycles. The number of ether oxygens (including phenoxy) is 1. The lowest BCUT2D eigenvalue weighted by Gasteiger charge is -2.01. The molecule has 3 nitrogen and oxygen atoms in total. The molecule has 0 spiro atoms. The smallest absolute Gasteiger partial charge is 0.235 e. The molecule has 0 fully saturated rings. The first kappa shape index (κ1) is 10.6. The quantitative estimate of drug-likeness (QED) is 0.525.